The molecule has 5 heteroatoms. The molecule has 1 atom stereocenters. The van der Waals surface area contributed by atoms with Crippen LogP contribution in [0, 0.1) is 0 Å². The number of pyridine rings is 1. The highest BCUT2D eigenvalue weighted by molar-refractivity contribution is 6.34. The van der Waals surface area contributed by atoms with Crippen molar-refractivity contribution in [1.82, 2.24) is 9.88 Å². The number of nitrogen functional groups attached to an aromatic ring is 1. The highest BCUT2D eigenvalue weighted by atomic mass is 35.5. The van der Waals surface area contributed by atoms with Gasteiger partial charge >= 0.3 is 0 Å². The fraction of sp³-hybridized carbons (Fsp3) is 0.500. The van der Waals surface area contributed by atoms with Gasteiger partial charge in [0.2, 0.25) is 0 Å². The Balaban J connectivity index is 2.03. The van der Waals surface area contributed by atoms with Gasteiger partial charge < -0.3 is 16.0 Å². The number of hydrogen-bond donors (Lipinski definition) is 2. The third-order valence-electron chi connectivity index (χ3n) is 4.31. The van der Waals surface area contributed by atoms with Crippen molar-refractivity contribution in [2.24, 2.45) is 0 Å². The van der Waals surface area contributed by atoms with Gasteiger partial charge in [-0.05, 0) is 57.6 Å². The number of halogens is 1. The van der Waals surface area contributed by atoms with Crippen LogP contribution < -0.4 is 11.1 Å². The van der Waals surface area contributed by atoms with Crippen molar-refractivity contribution in [2.45, 2.75) is 39.7 Å². The van der Waals surface area contributed by atoms with E-state index < -0.39 is 0 Å². The molecule has 1 aromatic heterocycles. The number of rotatable bonds is 8. The van der Waals surface area contributed by atoms with Gasteiger partial charge in [0.05, 0.1) is 16.2 Å². The van der Waals surface area contributed by atoms with E-state index in [0.717, 1.165) is 42.6 Å². The number of nitrogens with one attached hydrogen (secondary N) is 1. The van der Waals surface area contributed by atoms with Gasteiger partial charge in [-0.1, -0.05) is 25.4 Å². The molecule has 1 heterocycles. The smallest absolute Gasteiger partial charge is 0.0967 e. The molecule has 0 spiro atoms. The standard InChI is InChI=1S/C18H27ClN4/c1-4-23(5-2)12-6-7-13(3)22-16-10-11-21-18-14(16)8-9-15(19)17(18)20/h8-11,13H,4-7,12,20H2,1-3H3,(H,21,22)/t13-/m0/s1. The van der Waals surface area contributed by atoms with E-state index in [9.17, 15) is 0 Å². The molecule has 0 amide bonds. The average molecular weight is 335 g/mol. The predicted molar refractivity (Wildman–Crippen MR) is 101 cm³/mol. The molecule has 0 aliphatic rings. The monoisotopic (exact) mass is 334 g/mol. The van der Waals surface area contributed by atoms with Crippen molar-refractivity contribution in [3.8, 4) is 0 Å². The van der Waals surface area contributed by atoms with E-state index in [1.165, 1.54) is 6.42 Å². The Morgan fingerprint density at radius 2 is 2.00 bits per heavy atom. The summed E-state index contributed by atoms with van der Waals surface area (Å²) in [5.74, 6) is 0. The summed E-state index contributed by atoms with van der Waals surface area (Å²) in [5.41, 5.74) is 8.40. The van der Waals surface area contributed by atoms with Gasteiger partial charge in [0.15, 0.2) is 0 Å². The Morgan fingerprint density at radius 1 is 1.26 bits per heavy atom. The minimum Gasteiger partial charge on any atom is -0.396 e. The maximum atomic E-state index is 6.08. The molecule has 0 radical (unpaired) electrons. The van der Waals surface area contributed by atoms with E-state index in [4.69, 9.17) is 17.3 Å². The first kappa shape index (κ1) is 17.8. The van der Waals surface area contributed by atoms with E-state index >= 15 is 0 Å². The molecule has 4 nitrogen and oxygen atoms in total. The lowest BCUT2D eigenvalue weighted by atomic mass is 10.1. The van der Waals surface area contributed by atoms with E-state index in [2.05, 4.69) is 36.0 Å². The first-order valence-electron chi connectivity index (χ1n) is 8.38. The van der Waals surface area contributed by atoms with Crippen LogP contribution in [0.5, 0.6) is 0 Å². The summed E-state index contributed by atoms with van der Waals surface area (Å²) in [7, 11) is 0. The Labute approximate surface area is 144 Å². The number of aromatic nitrogens is 1. The van der Waals surface area contributed by atoms with Crippen molar-refractivity contribution >= 4 is 33.9 Å². The molecule has 2 aromatic rings. The Kier molecular flexibility index (Phi) is 6.48. The van der Waals surface area contributed by atoms with Gasteiger partial charge in [-0.2, -0.15) is 0 Å². The van der Waals surface area contributed by atoms with Crippen LogP contribution in [0.4, 0.5) is 11.4 Å². The lowest BCUT2D eigenvalue weighted by Gasteiger charge is -2.21. The fourth-order valence-electron chi connectivity index (χ4n) is 2.84. The summed E-state index contributed by atoms with van der Waals surface area (Å²) in [4.78, 5) is 6.82. The number of nitrogens with two attached hydrogens (primary N) is 1. The largest absolute Gasteiger partial charge is 0.396 e. The topological polar surface area (TPSA) is 54.2 Å². The quantitative estimate of drug-likeness (QED) is 0.703. The first-order valence-corrected chi connectivity index (χ1v) is 8.76. The minimum absolute atomic E-state index is 0.396. The van der Waals surface area contributed by atoms with Gasteiger partial charge in [0, 0.05) is 23.3 Å². The van der Waals surface area contributed by atoms with E-state index in [1.807, 2.05) is 18.2 Å². The molecular formula is C18H27ClN4. The zero-order valence-corrected chi connectivity index (χ0v) is 15.0. The lowest BCUT2D eigenvalue weighted by Crippen LogP contribution is -2.25. The molecule has 0 aliphatic heterocycles. The molecule has 0 saturated carbocycles. The maximum absolute atomic E-state index is 6.08. The number of anilines is 2. The normalized spacial score (nSPS) is 12.7. The Bertz CT molecular complexity index is 640. The van der Waals surface area contributed by atoms with Crippen LogP contribution in [0.1, 0.15) is 33.6 Å². The second kappa shape index (κ2) is 8.37. The van der Waals surface area contributed by atoms with Crippen molar-refractivity contribution in [2.75, 3.05) is 30.7 Å². The maximum Gasteiger partial charge on any atom is 0.0967 e. The van der Waals surface area contributed by atoms with Crippen LogP contribution in [0.15, 0.2) is 24.4 Å². The molecule has 2 rings (SSSR count). The summed E-state index contributed by atoms with van der Waals surface area (Å²) >= 11 is 6.08. The molecule has 126 valence electrons. The lowest BCUT2D eigenvalue weighted by molar-refractivity contribution is 0.295. The van der Waals surface area contributed by atoms with E-state index in [-0.39, 0.29) is 0 Å². The molecule has 3 N–H and O–H groups in total. The van der Waals surface area contributed by atoms with Crippen LogP contribution in [-0.2, 0) is 0 Å². The molecule has 0 fully saturated rings. The number of nitrogens with zero attached hydrogens (tertiary/aromatic N) is 2. The molecule has 0 aliphatic carbocycles. The van der Waals surface area contributed by atoms with Crippen LogP contribution in [-0.4, -0.2) is 35.6 Å². The second-order valence-electron chi connectivity index (χ2n) is 5.93. The molecule has 1 aromatic carbocycles. The summed E-state index contributed by atoms with van der Waals surface area (Å²) in [5, 5.41) is 5.15. The number of fused-ring (bicyclic) bond motifs is 1. The van der Waals surface area contributed by atoms with Gasteiger partial charge in [-0.15, -0.1) is 0 Å². The zero-order chi connectivity index (χ0) is 16.8. The summed E-state index contributed by atoms with van der Waals surface area (Å²) in [6.07, 6.45) is 4.09. The first-order chi connectivity index (χ1) is 11.1. The number of benzene rings is 1. The van der Waals surface area contributed by atoms with Crippen molar-refractivity contribution < 1.29 is 0 Å². The highest BCUT2D eigenvalue weighted by Crippen LogP contribution is 2.31. The van der Waals surface area contributed by atoms with Crippen LogP contribution >= 0.6 is 11.6 Å². The van der Waals surface area contributed by atoms with Gasteiger partial charge in [0.25, 0.3) is 0 Å². The van der Waals surface area contributed by atoms with Gasteiger partial charge in [-0.3, -0.25) is 4.98 Å². The van der Waals surface area contributed by atoms with Crippen molar-refractivity contribution in [3.05, 3.63) is 29.4 Å². The highest BCUT2D eigenvalue weighted by Gasteiger charge is 2.10. The summed E-state index contributed by atoms with van der Waals surface area (Å²) in [6, 6.07) is 6.20. The SMILES string of the molecule is CCN(CC)CCC[C@H](C)Nc1ccnc2c(N)c(Cl)ccc12. The van der Waals surface area contributed by atoms with Crippen LogP contribution in [0.25, 0.3) is 10.9 Å². The average Bonchev–Trinajstić information content (AvgIpc) is 2.55. The second-order valence-corrected chi connectivity index (χ2v) is 6.34. The minimum atomic E-state index is 0.396. The van der Waals surface area contributed by atoms with Crippen LogP contribution in [0.2, 0.25) is 5.02 Å². The van der Waals surface area contributed by atoms with Gasteiger partial charge in [0.1, 0.15) is 0 Å². The fourth-order valence-corrected chi connectivity index (χ4v) is 2.99. The molecule has 0 unspecified atom stereocenters. The third-order valence-corrected chi connectivity index (χ3v) is 4.64. The summed E-state index contributed by atoms with van der Waals surface area (Å²) < 4.78 is 0. The summed E-state index contributed by atoms with van der Waals surface area (Å²) in [6.45, 7) is 10.0. The third kappa shape index (κ3) is 4.49. The van der Waals surface area contributed by atoms with Gasteiger partial charge in [-0.25, -0.2) is 0 Å². The van der Waals surface area contributed by atoms with E-state index in [0.29, 0.717) is 16.8 Å². The van der Waals surface area contributed by atoms with E-state index in [1.54, 1.807) is 6.20 Å². The van der Waals surface area contributed by atoms with Crippen molar-refractivity contribution in [3.63, 3.8) is 0 Å². The molecule has 0 bridgehead atoms. The molecule has 0 saturated heterocycles. The molecule has 23 heavy (non-hydrogen) atoms. The van der Waals surface area contributed by atoms with Crippen molar-refractivity contribution in [1.29, 1.82) is 0 Å². The predicted octanol–water partition coefficient (Wildman–Crippen LogP) is 4.39. The Hall–Kier alpha value is -1.52. The zero-order valence-electron chi connectivity index (χ0n) is 14.3. The number of hydrogen-bond acceptors (Lipinski definition) is 4. The molecular weight excluding hydrogens is 308 g/mol. The Morgan fingerprint density at radius 3 is 2.70 bits per heavy atom. The van der Waals surface area contributed by atoms with Crippen LogP contribution in [0.3, 0.4) is 0 Å².